The van der Waals surface area contributed by atoms with Crippen molar-refractivity contribution in [3.05, 3.63) is 35.4 Å². The molecule has 1 N–H and O–H groups in total. The second-order valence-electron chi connectivity index (χ2n) is 4.38. The van der Waals surface area contributed by atoms with Crippen LogP contribution in [0.15, 0.2) is 24.3 Å². The third kappa shape index (κ3) is 3.09. The van der Waals surface area contributed by atoms with Crippen molar-refractivity contribution in [3.63, 3.8) is 0 Å². The van der Waals surface area contributed by atoms with Crippen molar-refractivity contribution in [1.29, 1.82) is 5.26 Å². The number of carbonyl (C=O) groups is 1. The highest BCUT2D eigenvalue weighted by Crippen LogP contribution is 2.10. The second kappa shape index (κ2) is 4.80. The standard InChI is InChI=1S/C13H16N2O/c1-4-13(2,3)15-12(16)11-7-5-6-10(8-11)9-14/h5-8H,4H2,1-3H3,(H,15,16). The fourth-order valence-corrected chi connectivity index (χ4v) is 1.20. The molecule has 84 valence electrons. The largest absolute Gasteiger partial charge is 0.347 e. The normalized spacial score (nSPS) is 10.6. The van der Waals surface area contributed by atoms with Crippen LogP contribution in [-0.2, 0) is 0 Å². The molecule has 0 heterocycles. The smallest absolute Gasteiger partial charge is 0.251 e. The summed E-state index contributed by atoms with van der Waals surface area (Å²) < 4.78 is 0. The van der Waals surface area contributed by atoms with Crippen LogP contribution in [-0.4, -0.2) is 11.4 Å². The Labute approximate surface area is 96.1 Å². The van der Waals surface area contributed by atoms with Crippen molar-refractivity contribution in [1.82, 2.24) is 5.32 Å². The van der Waals surface area contributed by atoms with Crippen molar-refractivity contribution in [2.24, 2.45) is 0 Å². The van der Waals surface area contributed by atoms with E-state index in [1.807, 2.05) is 26.8 Å². The minimum atomic E-state index is -0.222. The Hall–Kier alpha value is -1.82. The number of benzene rings is 1. The zero-order chi connectivity index (χ0) is 12.2. The number of carbonyl (C=O) groups excluding carboxylic acids is 1. The zero-order valence-electron chi connectivity index (χ0n) is 9.87. The summed E-state index contributed by atoms with van der Waals surface area (Å²) in [7, 11) is 0. The molecule has 1 rings (SSSR count). The van der Waals surface area contributed by atoms with Crippen molar-refractivity contribution in [3.8, 4) is 6.07 Å². The molecule has 16 heavy (non-hydrogen) atoms. The number of nitrogens with zero attached hydrogens (tertiary/aromatic N) is 1. The van der Waals surface area contributed by atoms with E-state index in [4.69, 9.17) is 5.26 Å². The Morgan fingerprint density at radius 2 is 2.19 bits per heavy atom. The SMILES string of the molecule is CCC(C)(C)NC(=O)c1cccc(C#N)c1. The van der Waals surface area contributed by atoms with E-state index in [0.29, 0.717) is 11.1 Å². The lowest BCUT2D eigenvalue weighted by molar-refractivity contribution is 0.0911. The van der Waals surface area contributed by atoms with Crippen LogP contribution in [0.2, 0.25) is 0 Å². The van der Waals surface area contributed by atoms with Gasteiger partial charge >= 0.3 is 0 Å². The first-order valence-corrected chi connectivity index (χ1v) is 5.31. The van der Waals surface area contributed by atoms with E-state index in [-0.39, 0.29) is 11.4 Å². The van der Waals surface area contributed by atoms with Gasteiger partial charge in [0.25, 0.3) is 5.91 Å². The number of hydrogen-bond acceptors (Lipinski definition) is 2. The van der Waals surface area contributed by atoms with Gasteiger partial charge in [-0.1, -0.05) is 13.0 Å². The molecule has 0 saturated carbocycles. The van der Waals surface area contributed by atoms with Crippen LogP contribution in [0.25, 0.3) is 0 Å². The van der Waals surface area contributed by atoms with Gasteiger partial charge in [0.1, 0.15) is 0 Å². The van der Waals surface area contributed by atoms with Gasteiger partial charge in [-0.25, -0.2) is 0 Å². The van der Waals surface area contributed by atoms with Crippen molar-refractivity contribution in [2.45, 2.75) is 32.7 Å². The third-order valence-corrected chi connectivity index (χ3v) is 2.59. The molecular weight excluding hydrogens is 200 g/mol. The van der Waals surface area contributed by atoms with E-state index in [1.54, 1.807) is 24.3 Å². The predicted octanol–water partition coefficient (Wildman–Crippen LogP) is 2.48. The molecule has 0 aromatic heterocycles. The van der Waals surface area contributed by atoms with Crippen LogP contribution < -0.4 is 5.32 Å². The fourth-order valence-electron chi connectivity index (χ4n) is 1.20. The Bertz CT molecular complexity index is 430. The maximum absolute atomic E-state index is 11.9. The highest BCUT2D eigenvalue weighted by atomic mass is 16.1. The fraction of sp³-hybridized carbons (Fsp3) is 0.385. The lowest BCUT2D eigenvalue weighted by Gasteiger charge is -2.24. The minimum absolute atomic E-state index is 0.135. The van der Waals surface area contributed by atoms with E-state index in [2.05, 4.69) is 5.32 Å². The molecule has 1 amide bonds. The molecule has 1 aromatic carbocycles. The van der Waals surface area contributed by atoms with E-state index in [9.17, 15) is 4.79 Å². The quantitative estimate of drug-likeness (QED) is 0.843. The summed E-state index contributed by atoms with van der Waals surface area (Å²) in [5, 5.41) is 11.7. The maximum atomic E-state index is 11.9. The zero-order valence-corrected chi connectivity index (χ0v) is 9.87. The minimum Gasteiger partial charge on any atom is -0.347 e. The van der Waals surface area contributed by atoms with E-state index >= 15 is 0 Å². The van der Waals surface area contributed by atoms with Gasteiger partial charge in [-0.15, -0.1) is 0 Å². The van der Waals surface area contributed by atoms with Crippen LogP contribution in [0.1, 0.15) is 43.1 Å². The average Bonchev–Trinajstić information content (AvgIpc) is 2.28. The summed E-state index contributed by atoms with van der Waals surface area (Å²) in [5.41, 5.74) is 0.808. The van der Waals surface area contributed by atoms with Crippen LogP contribution in [0.5, 0.6) is 0 Å². The molecule has 0 bridgehead atoms. The molecule has 1 aromatic rings. The second-order valence-corrected chi connectivity index (χ2v) is 4.38. The lowest BCUT2D eigenvalue weighted by atomic mass is 10.0. The molecule has 3 heteroatoms. The Morgan fingerprint density at radius 1 is 1.50 bits per heavy atom. The monoisotopic (exact) mass is 216 g/mol. The van der Waals surface area contributed by atoms with Gasteiger partial charge in [-0.3, -0.25) is 4.79 Å². The summed E-state index contributed by atoms with van der Waals surface area (Å²) in [6, 6.07) is 8.72. The number of nitriles is 1. The van der Waals surface area contributed by atoms with Gasteiger partial charge in [-0.05, 0) is 38.5 Å². The van der Waals surface area contributed by atoms with Crippen LogP contribution in [0.4, 0.5) is 0 Å². The summed E-state index contributed by atoms with van der Waals surface area (Å²) in [5.74, 6) is -0.135. The molecule has 3 nitrogen and oxygen atoms in total. The first-order chi connectivity index (χ1) is 7.48. The Morgan fingerprint density at radius 3 is 2.75 bits per heavy atom. The number of amides is 1. The molecule has 0 aliphatic heterocycles. The third-order valence-electron chi connectivity index (χ3n) is 2.59. The molecule has 0 unspecified atom stereocenters. The van der Waals surface area contributed by atoms with Crippen molar-refractivity contribution < 1.29 is 4.79 Å². The number of hydrogen-bond donors (Lipinski definition) is 1. The molecule has 0 aliphatic rings. The van der Waals surface area contributed by atoms with Gasteiger partial charge in [0, 0.05) is 11.1 Å². The lowest BCUT2D eigenvalue weighted by Crippen LogP contribution is -2.42. The molecule has 0 spiro atoms. The van der Waals surface area contributed by atoms with Gasteiger partial charge < -0.3 is 5.32 Å². The number of nitrogens with one attached hydrogen (secondary N) is 1. The first kappa shape index (κ1) is 12.3. The number of rotatable bonds is 3. The Kier molecular flexibility index (Phi) is 3.68. The highest BCUT2D eigenvalue weighted by molar-refractivity contribution is 5.94. The van der Waals surface area contributed by atoms with Crippen LogP contribution in [0, 0.1) is 11.3 Å². The van der Waals surface area contributed by atoms with E-state index in [0.717, 1.165) is 6.42 Å². The summed E-state index contributed by atoms with van der Waals surface area (Å²) >= 11 is 0. The molecule has 0 saturated heterocycles. The van der Waals surface area contributed by atoms with Gasteiger partial charge in [-0.2, -0.15) is 5.26 Å². The van der Waals surface area contributed by atoms with E-state index < -0.39 is 0 Å². The van der Waals surface area contributed by atoms with Crippen LogP contribution in [0.3, 0.4) is 0 Å². The average molecular weight is 216 g/mol. The predicted molar refractivity (Wildman–Crippen MR) is 63.0 cm³/mol. The van der Waals surface area contributed by atoms with Gasteiger partial charge in [0.15, 0.2) is 0 Å². The van der Waals surface area contributed by atoms with Crippen LogP contribution >= 0.6 is 0 Å². The topological polar surface area (TPSA) is 52.9 Å². The van der Waals surface area contributed by atoms with Gasteiger partial charge in [0.2, 0.25) is 0 Å². The van der Waals surface area contributed by atoms with Crippen molar-refractivity contribution >= 4 is 5.91 Å². The molecule has 0 fully saturated rings. The Balaban J connectivity index is 2.86. The molecule has 0 aliphatic carbocycles. The van der Waals surface area contributed by atoms with E-state index in [1.165, 1.54) is 0 Å². The van der Waals surface area contributed by atoms with Gasteiger partial charge in [0.05, 0.1) is 11.6 Å². The summed E-state index contributed by atoms with van der Waals surface area (Å²) in [6.45, 7) is 5.96. The molecular formula is C13H16N2O. The maximum Gasteiger partial charge on any atom is 0.251 e. The van der Waals surface area contributed by atoms with Crippen molar-refractivity contribution in [2.75, 3.05) is 0 Å². The molecule has 0 radical (unpaired) electrons. The first-order valence-electron chi connectivity index (χ1n) is 5.31. The summed E-state index contributed by atoms with van der Waals surface area (Å²) in [6.07, 6.45) is 0.858. The summed E-state index contributed by atoms with van der Waals surface area (Å²) in [4.78, 5) is 11.9. The molecule has 0 atom stereocenters. The highest BCUT2D eigenvalue weighted by Gasteiger charge is 2.18.